The highest BCUT2D eigenvalue weighted by molar-refractivity contribution is 5.92. The van der Waals surface area contributed by atoms with Gasteiger partial charge in [-0.1, -0.05) is 104 Å². The van der Waals surface area contributed by atoms with Gasteiger partial charge in [0.05, 0.1) is 0 Å². The van der Waals surface area contributed by atoms with Crippen LogP contribution in [0.1, 0.15) is 18.1 Å². The van der Waals surface area contributed by atoms with Crippen LogP contribution in [0.4, 0.5) is 0 Å². The van der Waals surface area contributed by atoms with Crippen LogP contribution in [0.2, 0.25) is 0 Å². The second-order valence-corrected chi connectivity index (χ2v) is 6.92. The Morgan fingerprint density at radius 1 is 0.556 bits per heavy atom. The minimum atomic E-state index is 0.995. The molecule has 0 bridgehead atoms. The van der Waals surface area contributed by atoms with Crippen LogP contribution >= 0.6 is 0 Å². The molecule has 4 rings (SSSR count). The topological polar surface area (TPSA) is 0 Å². The summed E-state index contributed by atoms with van der Waals surface area (Å²) < 4.78 is 0. The molecular formula is C27H24. The minimum Gasteiger partial charge on any atom is -0.0622 e. The Labute approximate surface area is 162 Å². The van der Waals surface area contributed by atoms with Crippen molar-refractivity contribution in [1.29, 1.82) is 0 Å². The van der Waals surface area contributed by atoms with Gasteiger partial charge in [0, 0.05) is 0 Å². The van der Waals surface area contributed by atoms with Crippen molar-refractivity contribution in [3.63, 3.8) is 0 Å². The van der Waals surface area contributed by atoms with Gasteiger partial charge in [0.15, 0.2) is 0 Å². The van der Waals surface area contributed by atoms with Gasteiger partial charge in [-0.25, -0.2) is 0 Å². The van der Waals surface area contributed by atoms with E-state index in [2.05, 4.69) is 111 Å². The third-order valence-corrected chi connectivity index (χ3v) is 5.20. The summed E-state index contributed by atoms with van der Waals surface area (Å²) in [5.41, 5.74) is 10.6. The molecule has 4 aromatic rings. The zero-order valence-electron chi connectivity index (χ0n) is 15.9. The Balaban J connectivity index is 2.09. The van der Waals surface area contributed by atoms with Crippen LogP contribution in [0.25, 0.3) is 33.4 Å². The molecule has 0 saturated carbocycles. The summed E-state index contributed by atoms with van der Waals surface area (Å²) in [5.74, 6) is 0. The van der Waals surface area contributed by atoms with Crippen LogP contribution in [-0.2, 0) is 6.42 Å². The molecule has 0 heterocycles. The van der Waals surface area contributed by atoms with Gasteiger partial charge in [0.25, 0.3) is 0 Å². The lowest BCUT2D eigenvalue weighted by Crippen LogP contribution is -1.99. The zero-order valence-corrected chi connectivity index (χ0v) is 15.9. The molecule has 0 N–H and O–H groups in total. The largest absolute Gasteiger partial charge is 0.0622 e. The van der Waals surface area contributed by atoms with E-state index in [-0.39, 0.29) is 0 Å². The number of benzene rings is 4. The predicted octanol–water partition coefficient (Wildman–Crippen LogP) is 7.56. The van der Waals surface area contributed by atoms with Crippen molar-refractivity contribution in [2.24, 2.45) is 0 Å². The molecule has 0 saturated heterocycles. The molecule has 0 aliphatic heterocycles. The van der Waals surface area contributed by atoms with Crippen LogP contribution in [0.5, 0.6) is 0 Å². The van der Waals surface area contributed by atoms with Crippen LogP contribution in [0, 0.1) is 6.92 Å². The standard InChI is InChI=1S/C27H24/c1-3-24-25(21-13-7-4-8-14-21)19-20(2)26(22-15-9-5-10-16-22)27(24)23-17-11-6-12-18-23/h4-19H,3H2,1-2H3. The van der Waals surface area contributed by atoms with Gasteiger partial charge in [-0.2, -0.15) is 0 Å². The Bertz CT molecular complexity index is 1030. The lowest BCUT2D eigenvalue weighted by atomic mass is 9.82. The Kier molecular flexibility index (Phi) is 4.89. The van der Waals surface area contributed by atoms with Gasteiger partial charge in [-0.05, 0) is 57.9 Å². The molecule has 4 aromatic carbocycles. The van der Waals surface area contributed by atoms with Crippen LogP contribution < -0.4 is 0 Å². The molecule has 0 aromatic heterocycles. The van der Waals surface area contributed by atoms with Crippen LogP contribution in [-0.4, -0.2) is 0 Å². The van der Waals surface area contributed by atoms with Crippen molar-refractivity contribution in [2.75, 3.05) is 0 Å². The summed E-state index contributed by atoms with van der Waals surface area (Å²) in [5, 5.41) is 0. The van der Waals surface area contributed by atoms with Crippen LogP contribution in [0.15, 0.2) is 97.1 Å². The smallest absolute Gasteiger partial charge is 0.00646 e. The number of rotatable bonds is 4. The first-order valence-electron chi connectivity index (χ1n) is 9.62. The highest BCUT2D eigenvalue weighted by Crippen LogP contribution is 2.42. The Morgan fingerprint density at radius 3 is 1.48 bits per heavy atom. The Hall–Kier alpha value is -3.12. The summed E-state index contributed by atoms with van der Waals surface area (Å²) in [6.07, 6.45) is 0.995. The second kappa shape index (κ2) is 7.63. The summed E-state index contributed by atoms with van der Waals surface area (Å²) in [6.45, 7) is 4.50. The maximum absolute atomic E-state index is 2.36. The molecule has 0 fully saturated rings. The first-order chi connectivity index (χ1) is 13.3. The van der Waals surface area contributed by atoms with E-state index in [1.54, 1.807) is 0 Å². The van der Waals surface area contributed by atoms with Gasteiger partial charge < -0.3 is 0 Å². The molecule has 0 amide bonds. The van der Waals surface area contributed by atoms with E-state index < -0.39 is 0 Å². The fraction of sp³-hybridized carbons (Fsp3) is 0.111. The molecule has 0 radical (unpaired) electrons. The van der Waals surface area contributed by atoms with Crippen molar-refractivity contribution in [2.45, 2.75) is 20.3 Å². The molecule has 0 spiro atoms. The monoisotopic (exact) mass is 348 g/mol. The molecule has 0 nitrogen and oxygen atoms in total. The normalized spacial score (nSPS) is 10.7. The van der Waals surface area contributed by atoms with Crippen molar-refractivity contribution < 1.29 is 0 Å². The van der Waals surface area contributed by atoms with Gasteiger partial charge >= 0.3 is 0 Å². The number of hydrogen-bond donors (Lipinski definition) is 0. The molecular weight excluding hydrogens is 324 g/mol. The Morgan fingerprint density at radius 2 is 1.00 bits per heavy atom. The third-order valence-electron chi connectivity index (χ3n) is 5.20. The summed E-state index contributed by atoms with van der Waals surface area (Å²) in [6, 6.07) is 34.7. The van der Waals surface area contributed by atoms with Gasteiger partial charge in [0.2, 0.25) is 0 Å². The highest BCUT2D eigenvalue weighted by atomic mass is 14.2. The summed E-state index contributed by atoms with van der Waals surface area (Å²) in [7, 11) is 0. The maximum atomic E-state index is 2.36. The summed E-state index contributed by atoms with van der Waals surface area (Å²) >= 11 is 0. The molecule has 0 unspecified atom stereocenters. The van der Waals surface area contributed by atoms with E-state index >= 15 is 0 Å². The van der Waals surface area contributed by atoms with E-state index in [0.29, 0.717) is 0 Å². The first kappa shape index (κ1) is 17.3. The highest BCUT2D eigenvalue weighted by Gasteiger charge is 2.18. The van der Waals surface area contributed by atoms with E-state index in [1.807, 2.05) is 0 Å². The maximum Gasteiger partial charge on any atom is -0.00646 e. The quantitative estimate of drug-likeness (QED) is 0.357. The van der Waals surface area contributed by atoms with Crippen molar-refractivity contribution in [3.05, 3.63) is 108 Å². The molecule has 0 heteroatoms. The van der Waals surface area contributed by atoms with Gasteiger partial charge in [-0.15, -0.1) is 0 Å². The average molecular weight is 348 g/mol. The minimum absolute atomic E-state index is 0.995. The van der Waals surface area contributed by atoms with Crippen LogP contribution in [0.3, 0.4) is 0 Å². The van der Waals surface area contributed by atoms with Crippen molar-refractivity contribution in [3.8, 4) is 33.4 Å². The SMILES string of the molecule is CCc1c(-c2ccccc2)cc(C)c(-c2ccccc2)c1-c1ccccc1. The molecule has 0 aliphatic rings. The molecule has 27 heavy (non-hydrogen) atoms. The summed E-state index contributed by atoms with van der Waals surface area (Å²) in [4.78, 5) is 0. The average Bonchev–Trinajstić information content (AvgIpc) is 2.75. The lowest BCUT2D eigenvalue weighted by Gasteiger charge is -2.22. The molecule has 0 atom stereocenters. The first-order valence-corrected chi connectivity index (χ1v) is 9.62. The molecule has 0 aliphatic carbocycles. The van der Waals surface area contributed by atoms with E-state index in [0.717, 1.165) is 6.42 Å². The number of hydrogen-bond acceptors (Lipinski definition) is 0. The van der Waals surface area contributed by atoms with Crippen molar-refractivity contribution >= 4 is 0 Å². The number of aryl methyl sites for hydroxylation is 1. The fourth-order valence-corrected chi connectivity index (χ4v) is 4.00. The van der Waals surface area contributed by atoms with E-state index in [4.69, 9.17) is 0 Å². The molecule has 132 valence electrons. The predicted molar refractivity (Wildman–Crippen MR) is 117 cm³/mol. The second-order valence-electron chi connectivity index (χ2n) is 6.92. The lowest BCUT2D eigenvalue weighted by molar-refractivity contribution is 1.14. The van der Waals surface area contributed by atoms with Gasteiger partial charge in [-0.3, -0.25) is 0 Å². The van der Waals surface area contributed by atoms with E-state index in [1.165, 1.54) is 44.5 Å². The van der Waals surface area contributed by atoms with E-state index in [9.17, 15) is 0 Å². The zero-order chi connectivity index (χ0) is 18.6. The fourth-order valence-electron chi connectivity index (χ4n) is 4.00. The van der Waals surface area contributed by atoms with Crippen molar-refractivity contribution in [1.82, 2.24) is 0 Å². The third kappa shape index (κ3) is 3.31. The van der Waals surface area contributed by atoms with Gasteiger partial charge in [0.1, 0.15) is 0 Å².